The van der Waals surface area contributed by atoms with E-state index < -0.39 is 11.5 Å². The summed E-state index contributed by atoms with van der Waals surface area (Å²) in [7, 11) is 0. The maximum atomic E-state index is 11.5. The van der Waals surface area contributed by atoms with Gasteiger partial charge in [0.15, 0.2) is 0 Å². The number of carbonyl (C=O) groups is 2. The molecule has 0 spiro atoms. The molecule has 0 rings (SSSR count). The number of carbonyl (C=O) groups excluding carboxylic acids is 1. The maximum absolute atomic E-state index is 11.5. The minimum absolute atomic E-state index is 0.164. The van der Waals surface area contributed by atoms with Gasteiger partial charge in [-0.25, -0.2) is 4.79 Å². The van der Waals surface area contributed by atoms with Crippen LogP contribution in [0.1, 0.15) is 59.3 Å². The van der Waals surface area contributed by atoms with Crippen molar-refractivity contribution in [2.24, 2.45) is 0 Å². The van der Waals surface area contributed by atoms with Gasteiger partial charge in [-0.05, 0) is 19.8 Å². The van der Waals surface area contributed by atoms with Gasteiger partial charge in [0.2, 0.25) is 5.91 Å². The first-order chi connectivity index (χ1) is 7.46. The largest absolute Gasteiger partial charge is 0.480 e. The molecule has 0 saturated carbocycles. The molecule has 0 aliphatic heterocycles. The van der Waals surface area contributed by atoms with Crippen molar-refractivity contribution in [1.82, 2.24) is 5.32 Å². The maximum Gasteiger partial charge on any atom is 0.329 e. The lowest BCUT2D eigenvalue weighted by atomic mass is 9.99. The van der Waals surface area contributed by atoms with Crippen molar-refractivity contribution in [3.05, 3.63) is 0 Å². The molecule has 0 saturated heterocycles. The standard InChI is InChI=1S/C12H23NO3/c1-4-6-7-8-9-10(14)13-12(3,5-2)11(15)16/h4-9H2,1-3H3,(H,13,14)(H,15,16). The summed E-state index contributed by atoms with van der Waals surface area (Å²) in [5.41, 5.74) is -1.12. The SMILES string of the molecule is CCCCCCC(=O)NC(C)(CC)C(=O)O. The van der Waals surface area contributed by atoms with Gasteiger partial charge in [-0.15, -0.1) is 0 Å². The van der Waals surface area contributed by atoms with E-state index in [0.29, 0.717) is 12.8 Å². The number of carboxylic acid groups (broad SMARTS) is 1. The Morgan fingerprint density at radius 1 is 1.19 bits per heavy atom. The third kappa shape index (κ3) is 5.14. The van der Waals surface area contributed by atoms with Crippen molar-refractivity contribution in [2.45, 2.75) is 64.8 Å². The quantitative estimate of drug-likeness (QED) is 0.628. The number of hydrogen-bond donors (Lipinski definition) is 2. The second-order valence-corrected chi connectivity index (χ2v) is 4.35. The topological polar surface area (TPSA) is 66.4 Å². The molecule has 4 heteroatoms. The predicted molar refractivity (Wildman–Crippen MR) is 63.2 cm³/mol. The molecule has 2 N–H and O–H groups in total. The molecule has 0 aliphatic carbocycles. The first-order valence-corrected chi connectivity index (χ1v) is 6.00. The normalized spacial score (nSPS) is 14.2. The van der Waals surface area contributed by atoms with Crippen LogP contribution in [0.15, 0.2) is 0 Å². The zero-order chi connectivity index (χ0) is 12.6. The molecule has 1 amide bonds. The lowest BCUT2D eigenvalue weighted by Crippen LogP contribution is -2.51. The number of unbranched alkanes of at least 4 members (excludes halogenated alkanes) is 3. The van der Waals surface area contributed by atoms with Crippen molar-refractivity contribution in [3.63, 3.8) is 0 Å². The summed E-state index contributed by atoms with van der Waals surface area (Å²) in [6, 6.07) is 0. The van der Waals surface area contributed by atoms with E-state index in [1.807, 2.05) is 0 Å². The third-order valence-electron chi connectivity index (χ3n) is 2.85. The van der Waals surface area contributed by atoms with Gasteiger partial charge < -0.3 is 10.4 Å². The van der Waals surface area contributed by atoms with Crippen LogP contribution in [0.25, 0.3) is 0 Å². The Labute approximate surface area is 97.4 Å². The Kier molecular flexibility index (Phi) is 6.77. The van der Waals surface area contributed by atoms with Gasteiger partial charge in [-0.2, -0.15) is 0 Å². The Hall–Kier alpha value is -1.06. The fraction of sp³-hybridized carbons (Fsp3) is 0.833. The van der Waals surface area contributed by atoms with E-state index in [0.717, 1.165) is 25.7 Å². The van der Waals surface area contributed by atoms with E-state index in [1.54, 1.807) is 13.8 Å². The predicted octanol–water partition coefficient (Wildman–Crippen LogP) is 2.33. The number of carboxylic acids is 1. The minimum Gasteiger partial charge on any atom is -0.480 e. The molecule has 0 aromatic heterocycles. The van der Waals surface area contributed by atoms with E-state index in [9.17, 15) is 9.59 Å². The molecule has 1 atom stereocenters. The van der Waals surface area contributed by atoms with E-state index in [1.165, 1.54) is 0 Å². The van der Waals surface area contributed by atoms with Gasteiger partial charge in [0.1, 0.15) is 5.54 Å². The fourth-order valence-corrected chi connectivity index (χ4v) is 1.38. The number of amides is 1. The van der Waals surface area contributed by atoms with Crippen LogP contribution < -0.4 is 5.32 Å². The number of aliphatic carboxylic acids is 1. The number of rotatable bonds is 8. The highest BCUT2D eigenvalue weighted by Gasteiger charge is 2.32. The summed E-state index contributed by atoms with van der Waals surface area (Å²) in [5, 5.41) is 11.6. The van der Waals surface area contributed by atoms with Crippen molar-refractivity contribution in [2.75, 3.05) is 0 Å². The molecular formula is C12H23NO3. The minimum atomic E-state index is -1.12. The fourth-order valence-electron chi connectivity index (χ4n) is 1.38. The van der Waals surface area contributed by atoms with E-state index in [-0.39, 0.29) is 5.91 Å². The van der Waals surface area contributed by atoms with Gasteiger partial charge in [0, 0.05) is 6.42 Å². The Morgan fingerprint density at radius 3 is 2.25 bits per heavy atom. The van der Waals surface area contributed by atoms with E-state index >= 15 is 0 Å². The average Bonchev–Trinajstić information content (AvgIpc) is 2.24. The zero-order valence-corrected chi connectivity index (χ0v) is 10.5. The van der Waals surface area contributed by atoms with Crippen LogP contribution in [0.4, 0.5) is 0 Å². The van der Waals surface area contributed by atoms with Crippen LogP contribution in [0.5, 0.6) is 0 Å². The van der Waals surface area contributed by atoms with Crippen molar-refractivity contribution in [3.8, 4) is 0 Å². The monoisotopic (exact) mass is 229 g/mol. The molecular weight excluding hydrogens is 206 g/mol. The highest BCUT2D eigenvalue weighted by Crippen LogP contribution is 2.10. The second kappa shape index (κ2) is 7.25. The van der Waals surface area contributed by atoms with Crippen molar-refractivity contribution in [1.29, 1.82) is 0 Å². The zero-order valence-electron chi connectivity index (χ0n) is 10.5. The lowest BCUT2D eigenvalue weighted by Gasteiger charge is -2.24. The molecule has 0 aromatic rings. The molecule has 0 aromatic carbocycles. The van der Waals surface area contributed by atoms with Gasteiger partial charge in [-0.1, -0.05) is 33.1 Å². The molecule has 0 aliphatic rings. The van der Waals surface area contributed by atoms with Gasteiger partial charge in [-0.3, -0.25) is 4.79 Å². The highest BCUT2D eigenvalue weighted by molar-refractivity contribution is 5.86. The van der Waals surface area contributed by atoms with Crippen LogP contribution >= 0.6 is 0 Å². The van der Waals surface area contributed by atoms with Gasteiger partial charge in [0.05, 0.1) is 0 Å². The van der Waals surface area contributed by atoms with E-state index in [2.05, 4.69) is 12.2 Å². The van der Waals surface area contributed by atoms with Crippen LogP contribution in [0, 0.1) is 0 Å². The molecule has 0 bridgehead atoms. The second-order valence-electron chi connectivity index (χ2n) is 4.35. The van der Waals surface area contributed by atoms with Crippen LogP contribution in [-0.4, -0.2) is 22.5 Å². The summed E-state index contributed by atoms with van der Waals surface area (Å²) < 4.78 is 0. The van der Waals surface area contributed by atoms with Gasteiger partial charge in [0.25, 0.3) is 0 Å². The first-order valence-electron chi connectivity index (χ1n) is 6.00. The Balaban J connectivity index is 3.98. The molecule has 0 heterocycles. The molecule has 1 unspecified atom stereocenters. The third-order valence-corrected chi connectivity index (χ3v) is 2.85. The smallest absolute Gasteiger partial charge is 0.329 e. The molecule has 0 radical (unpaired) electrons. The first kappa shape index (κ1) is 14.9. The Bertz CT molecular complexity index is 240. The number of nitrogens with one attached hydrogen (secondary N) is 1. The van der Waals surface area contributed by atoms with Crippen LogP contribution in [-0.2, 0) is 9.59 Å². The van der Waals surface area contributed by atoms with Crippen LogP contribution in [0.3, 0.4) is 0 Å². The average molecular weight is 229 g/mol. The summed E-state index contributed by atoms with van der Waals surface area (Å²) in [4.78, 5) is 22.5. The van der Waals surface area contributed by atoms with Crippen molar-refractivity contribution < 1.29 is 14.7 Å². The summed E-state index contributed by atoms with van der Waals surface area (Å²) in [5.74, 6) is -1.14. The molecule has 0 fully saturated rings. The Morgan fingerprint density at radius 2 is 1.81 bits per heavy atom. The summed E-state index contributed by atoms with van der Waals surface area (Å²) in [6.45, 7) is 5.41. The molecule has 94 valence electrons. The summed E-state index contributed by atoms with van der Waals surface area (Å²) in [6.07, 6.45) is 4.92. The molecule has 4 nitrogen and oxygen atoms in total. The molecule has 16 heavy (non-hydrogen) atoms. The van der Waals surface area contributed by atoms with E-state index in [4.69, 9.17) is 5.11 Å². The summed E-state index contributed by atoms with van der Waals surface area (Å²) >= 11 is 0. The highest BCUT2D eigenvalue weighted by atomic mass is 16.4. The van der Waals surface area contributed by atoms with Gasteiger partial charge >= 0.3 is 5.97 Å². The number of hydrogen-bond acceptors (Lipinski definition) is 2. The van der Waals surface area contributed by atoms with Crippen LogP contribution in [0.2, 0.25) is 0 Å². The van der Waals surface area contributed by atoms with Crippen molar-refractivity contribution >= 4 is 11.9 Å². The lowest BCUT2D eigenvalue weighted by molar-refractivity contribution is -0.147.